The third kappa shape index (κ3) is 3.54. The van der Waals surface area contributed by atoms with Crippen molar-refractivity contribution in [2.24, 2.45) is 0 Å². The van der Waals surface area contributed by atoms with Gasteiger partial charge in [-0.25, -0.2) is 13.1 Å². The molecule has 1 aromatic heterocycles. The third-order valence-electron chi connectivity index (χ3n) is 3.88. The molecule has 0 aliphatic heterocycles. The predicted octanol–water partition coefficient (Wildman–Crippen LogP) is 2.27. The standard InChI is InChI=1S/C16H23N3O4S/c1-6-19-12(3)16(10-17-19)24(20,21)18-11(2)14-9-13(22-4)7-8-15(14)23-5/h7-11,18H,6H2,1-5H3. The number of hydrogen-bond donors (Lipinski definition) is 1. The Morgan fingerprint density at radius 1 is 1.29 bits per heavy atom. The largest absolute Gasteiger partial charge is 0.497 e. The molecular formula is C16H23N3O4S. The van der Waals surface area contributed by atoms with Gasteiger partial charge in [0.05, 0.1) is 26.1 Å². The first kappa shape index (κ1) is 18.3. The number of ether oxygens (including phenoxy) is 2. The molecule has 0 spiro atoms. The van der Waals surface area contributed by atoms with Gasteiger partial charge in [-0.3, -0.25) is 4.68 Å². The van der Waals surface area contributed by atoms with Gasteiger partial charge in [-0.1, -0.05) is 0 Å². The number of rotatable bonds is 7. The molecular weight excluding hydrogens is 330 g/mol. The zero-order chi connectivity index (χ0) is 17.9. The molecule has 1 heterocycles. The first-order chi connectivity index (χ1) is 11.3. The summed E-state index contributed by atoms with van der Waals surface area (Å²) in [5.41, 5.74) is 1.30. The van der Waals surface area contributed by atoms with Crippen LogP contribution in [0.25, 0.3) is 0 Å². The highest BCUT2D eigenvalue weighted by Gasteiger charge is 2.24. The smallest absolute Gasteiger partial charge is 0.244 e. The second-order valence-corrected chi connectivity index (χ2v) is 7.04. The zero-order valence-electron chi connectivity index (χ0n) is 14.5. The van der Waals surface area contributed by atoms with E-state index in [0.717, 1.165) is 0 Å². The Balaban J connectivity index is 2.34. The number of aromatic nitrogens is 2. The number of aryl methyl sites for hydroxylation is 1. The quantitative estimate of drug-likeness (QED) is 0.826. The number of sulfonamides is 1. The van der Waals surface area contributed by atoms with Crippen LogP contribution in [0, 0.1) is 6.92 Å². The van der Waals surface area contributed by atoms with Gasteiger partial charge in [0.2, 0.25) is 10.0 Å². The summed E-state index contributed by atoms with van der Waals surface area (Å²) in [4.78, 5) is 0.179. The van der Waals surface area contributed by atoms with Gasteiger partial charge in [0.15, 0.2) is 0 Å². The van der Waals surface area contributed by atoms with Gasteiger partial charge >= 0.3 is 0 Å². The molecule has 0 radical (unpaired) electrons. The fourth-order valence-electron chi connectivity index (χ4n) is 2.55. The van der Waals surface area contributed by atoms with Gasteiger partial charge in [0.1, 0.15) is 16.4 Å². The lowest BCUT2D eigenvalue weighted by molar-refractivity contribution is 0.395. The second kappa shape index (κ2) is 7.23. The van der Waals surface area contributed by atoms with Gasteiger partial charge < -0.3 is 9.47 Å². The SMILES string of the molecule is CCn1ncc(S(=O)(=O)NC(C)c2cc(OC)ccc2OC)c1C. The van der Waals surface area contributed by atoms with Gasteiger partial charge in [-0.05, 0) is 39.0 Å². The molecule has 8 heteroatoms. The maximum absolute atomic E-state index is 12.7. The van der Waals surface area contributed by atoms with Crippen LogP contribution in [0.3, 0.4) is 0 Å². The number of methoxy groups -OCH3 is 2. The predicted molar refractivity (Wildman–Crippen MR) is 90.9 cm³/mol. The highest BCUT2D eigenvalue weighted by atomic mass is 32.2. The van der Waals surface area contributed by atoms with Gasteiger partial charge in [0.25, 0.3) is 0 Å². The highest BCUT2D eigenvalue weighted by molar-refractivity contribution is 7.89. The van der Waals surface area contributed by atoms with Crippen LogP contribution in [0.1, 0.15) is 31.1 Å². The van der Waals surface area contributed by atoms with Crippen LogP contribution in [0.15, 0.2) is 29.3 Å². The highest BCUT2D eigenvalue weighted by Crippen LogP contribution is 2.30. The Kier molecular flexibility index (Phi) is 5.51. The van der Waals surface area contributed by atoms with Crippen LogP contribution in [0.2, 0.25) is 0 Å². The molecule has 0 bridgehead atoms. The van der Waals surface area contributed by atoms with E-state index in [1.807, 2.05) is 6.92 Å². The topological polar surface area (TPSA) is 82.5 Å². The summed E-state index contributed by atoms with van der Waals surface area (Å²) in [5.74, 6) is 1.22. The monoisotopic (exact) mass is 353 g/mol. The fraction of sp³-hybridized carbons (Fsp3) is 0.438. The van der Waals surface area contributed by atoms with E-state index in [1.54, 1.807) is 50.9 Å². The van der Waals surface area contributed by atoms with Crippen LogP contribution < -0.4 is 14.2 Å². The Labute approximate surface area is 142 Å². The molecule has 24 heavy (non-hydrogen) atoms. The number of hydrogen-bond acceptors (Lipinski definition) is 5. The minimum Gasteiger partial charge on any atom is -0.497 e. The van der Waals surface area contributed by atoms with Crippen molar-refractivity contribution < 1.29 is 17.9 Å². The number of benzene rings is 1. The fourth-order valence-corrected chi connectivity index (χ4v) is 3.95. The van der Waals surface area contributed by atoms with E-state index >= 15 is 0 Å². The van der Waals surface area contributed by atoms with Gasteiger partial charge in [0, 0.05) is 18.2 Å². The summed E-state index contributed by atoms with van der Waals surface area (Å²) in [6, 6.07) is 4.77. The summed E-state index contributed by atoms with van der Waals surface area (Å²) in [5, 5.41) is 4.09. The van der Waals surface area contributed by atoms with Crippen molar-refractivity contribution in [2.45, 2.75) is 38.3 Å². The summed E-state index contributed by atoms with van der Waals surface area (Å²) in [6.07, 6.45) is 1.37. The lowest BCUT2D eigenvalue weighted by Gasteiger charge is -2.18. The molecule has 7 nitrogen and oxygen atoms in total. The Hall–Kier alpha value is -2.06. The molecule has 1 atom stereocenters. The van der Waals surface area contributed by atoms with E-state index < -0.39 is 16.1 Å². The molecule has 1 unspecified atom stereocenters. The van der Waals surface area contributed by atoms with Crippen molar-refractivity contribution in [3.8, 4) is 11.5 Å². The second-order valence-electron chi connectivity index (χ2n) is 5.36. The number of nitrogens with one attached hydrogen (secondary N) is 1. The lowest BCUT2D eigenvalue weighted by Crippen LogP contribution is -2.27. The van der Waals surface area contributed by atoms with E-state index in [4.69, 9.17) is 9.47 Å². The molecule has 0 aliphatic rings. The first-order valence-corrected chi connectivity index (χ1v) is 9.09. The van der Waals surface area contributed by atoms with Crippen LogP contribution in [-0.2, 0) is 16.6 Å². The average Bonchev–Trinajstić information content (AvgIpc) is 2.95. The Morgan fingerprint density at radius 2 is 2.00 bits per heavy atom. The summed E-state index contributed by atoms with van der Waals surface area (Å²) in [7, 11) is -0.600. The molecule has 132 valence electrons. The van der Waals surface area contributed by atoms with E-state index in [2.05, 4.69) is 9.82 Å². The molecule has 0 saturated carbocycles. The first-order valence-electron chi connectivity index (χ1n) is 7.60. The lowest BCUT2D eigenvalue weighted by atomic mass is 10.1. The molecule has 0 saturated heterocycles. The molecule has 2 rings (SSSR count). The van der Waals surface area contributed by atoms with Crippen LogP contribution >= 0.6 is 0 Å². The Bertz CT molecular complexity index is 815. The van der Waals surface area contributed by atoms with E-state index in [9.17, 15) is 8.42 Å². The Morgan fingerprint density at radius 3 is 2.54 bits per heavy atom. The summed E-state index contributed by atoms with van der Waals surface area (Å²) in [6.45, 7) is 6.02. The summed E-state index contributed by atoms with van der Waals surface area (Å²) >= 11 is 0. The normalized spacial score (nSPS) is 12.9. The van der Waals surface area contributed by atoms with E-state index in [0.29, 0.717) is 29.3 Å². The van der Waals surface area contributed by atoms with E-state index in [1.165, 1.54) is 6.20 Å². The molecule has 0 aliphatic carbocycles. The zero-order valence-corrected chi connectivity index (χ0v) is 15.3. The van der Waals surface area contributed by atoms with Gasteiger partial charge in [-0.15, -0.1) is 0 Å². The van der Waals surface area contributed by atoms with Crippen molar-refractivity contribution >= 4 is 10.0 Å². The summed E-state index contributed by atoms with van der Waals surface area (Å²) < 4.78 is 40.2. The van der Waals surface area contributed by atoms with Crippen molar-refractivity contribution in [2.75, 3.05) is 14.2 Å². The van der Waals surface area contributed by atoms with Gasteiger partial charge in [-0.2, -0.15) is 5.10 Å². The van der Waals surface area contributed by atoms with Crippen LogP contribution in [0.4, 0.5) is 0 Å². The molecule has 0 amide bonds. The molecule has 2 aromatic rings. The van der Waals surface area contributed by atoms with Crippen LogP contribution in [0.5, 0.6) is 11.5 Å². The van der Waals surface area contributed by atoms with E-state index in [-0.39, 0.29) is 4.90 Å². The van der Waals surface area contributed by atoms with Crippen LogP contribution in [-0.4, -0.2) is 32.4 Å². The van der Waals surface area contributed by atoms with Crippen molar-refractivity contribution in [1.82, 2.24) is 14.5 Å². The molecule has 1 N–H and O–H groups in total. The maximum Gasteiger partial charge on any atom is 0.244 e. The van der Waals surface area contributed by atoms with Crippen molar-refractivity contribution in [3.63, 3.8) is 0 Å². The molecule has 0 fully saturated rings. The average molecular weight is 353 g/mol. The van der Waals surface area contributed by atoms with Crippen molar-refractivity contribution in [3.05, 3.63) is 35.7 Å². The van der Waals surface area contributed by atoms with Crippen molar-refractivity contribution in [1.29, 1.82) is 0 Å². The minimum atomic E-state index is -3.70. The molecule has 1 aromatic carbocycles. The third-order valence-corrected chi connectivity index (χ3v) is 5.53. The minimum absolute atomic E-state index is 0.179. The maximum atomic E-state index is 12.7. The number of nitrogens with zero attached hydrogens (tertiary/aromatic N) is 2.